The van der Waals surface area contributed by atoms with Crippen LogP contribution in [0.2, 0.25) is 0 Å². The molecule has 0 saturated heterocycles. The van der Waals surface area contributed by atoms with Gasteiger partial charge in [0.15, 0.2) is 6.10 Å². The molecule has 0 saturated carbocycles. The Bertz CT molecular complexity index is 853. The second-order valence-corrected chi connectivity index (χ2v) is 6.25. The maximum absolute atomic E-state index is 12.4. The van der Waals surface area contributed by atoms with Gasteiger partial charge in [0, 0.05) is 18.7 Å². The monoisotopic (exact) mass is 386 g/mol. The number of rotatable bonds is 8. The molecule has 0 heterocycles. The van der Waals surface area contributed by atoms with E-state index in [-0.39, 0.29) is 22.9 Å². The molecule has 148 valence electrons. The quantitative estimate of drug-likeness (QED) is 0.424. The molecule has 2 aromatic rings. The molecule has 0 aromatic heterocycles. The number of esters is 1. The average molecular weight is 386 g/mol. The van der Waals surface area contributed by atoms with Crippen LogP contribution in [0.4, 0.5) is 5.69 Å². The van der Waals surface area contributed by atoms with Crippen molar-refractivity contribution in [1.82, 2.24) is 5.32 Å². The maximum atomic E-state index is 12.4. The number of carbonyl (C=O) groups excluding carboxylic acids is 2. The van der Waals surface area contributed by atoms with Gasteiger partial charge in [0.2, 0.25) is 0 Å². The van der Waals surface area contributed by atoms with E-state index in [1.165, 1.54) is 26.2 Å². The van der Waals surface area contributed by atoms with E-state index >= 15 is 0 Å². The zero-order valence-corrected chi connectivity index (χ0v) is 15.9. The first-order valence-corrected chi connectivity index (χ1v) is 8.69. The number of nitro benzene ring substituents is 1. The van der Waals surface area contributed by atoms with Gasteiger partial charge < -0.3 is 14.8 Å². The summed E-state index contributed by atoms with van der Waals surface area (Å²) in [6.07, 6.45) is -1.07. The summed E-state index contributed by atoms with van der Waals surface area (Å²) in [5.74, 6) is -1.12. The summed E-state index contributed by atoms with van der Waals surface area (Å²) < 4.78 is 10.2. The number of ether oxygens (including phenoxy) is 2. The fourth-order valence-electron chi connectivity index (χ4n) is 2.54. The number of carbonyl (C=O) groups is 2. The molecule has 2 aromatic carbocycles. The van der Waals surface area contributed by atoms with Crippen LogP contribution in [0.25, 0.3) is 0 Å². The van der Waals surface area contributed by atoms with Crippen molar-refractivity contribution in [3.05, 3.63) is 69.8 Å². The normalized spacial score (nSPS) is 12.5. The van der Waals surface area contributed by atoms with Gasteiger partial charge in [0.1, 0.15) is 11.3 Å². The first-order chi connectivity index (χ1) is 13.3. The Morgan fingerprint density at radius 3 is 2.43 bits per heavy atom. The highest BCUT2D eigenvalue weighted by molar-refractivity contribution is 5.95. The summed E-state index contributed by atoms with van der Waals surface area (Å²) in [6, 6.07) is 13.3. The predicted molar refractivity (Wildman–Crippen MR) is 102 cm³/mol. The van der Waals surface area contributed by atoms with Crippen molar-refractivity contribution in [2.24, 2.45) is 0 Å². The van der Waals surface area contributed by atoms with Crippen molar-refractivity contribution in [2.45, 2.75) is 25.9 Å². The number of nitrogens with one attached hydrogen (secondary N) is 1. The molecule has 0 aliphatic heterocycles. The molecule has 0 fully saturated rings. The van der Waals surface area contributed by atoms with Crippen molar-refractivity contribution in [1.29, 1.82) is 0 Å². The number of hydrogen-bond acceptors (Lipinski definition) is 6. The third-order valence-corrected chi connectivity index (χ3v) is 4.22. The number of methoxy groups -OCH3 is 1. The van der Waals surface area contributed by atoms with Crippen molar-refractivity contribution in [2.75, 3.05) is 13.7 Å². The number of nitro groups is 1. The molecule has 28 heavy (non-hydrogen) atoms. The molecule has 0 bridgehead atoms. The molecule has 0 radical (unpaired) electrons. The number of hydrogen-bond donors (Lipinski definition) is 1. The van der Waals surface area contributed by atoms with Gasteiger partial charge >= 0.3 is 5.97 Å². The molecule has 0 aliphatic rings. The van der Waals surface area contributed by atoms with Crippen LogP contribution in [-0.4, -0.2) is 36.6 Å². The lowest BCUT2D eigenvalue weighted by molar-refractivity contribution is -0.384. The molecule has 0 spiro atoms. The minimum atomic E-state index is -1.07. The van der Waals surface area contributed by atoms with Crippen molar-refractivity contribution >= 4 is 17.6 Å². The highest BCUT2D eigenvalue weighted by Gasteiger charge is 2.23. The minimum Gasteiger partial charge on any atom is -0.496 e. The summed E-state index contributed by atoms with van der Waals surface area (Å²) in [5, 5.41) is 13.7. The van der Waals surface area contributed by atoms with Gasteiger partial charge in [-0.25, -0.2) is 4.79 Å². The number of amides is 1. The highest BCUT2D eigenvalue weighted by atomic mass is 16.6. The molecule has 8 nitrogen and oxygen atoms in total. The molecule has 2 atom stereocenters. The predicted octanol–water partition coefficient (Wildman–Crippen LogP) is 3.07. The summed E-state index contributed by atoms with van der Waals surface area (Å²) in [7, 11) is 1.33. The van der Waals surface area contributed by atoms with E-state index in [1.807, 2.05) is 37.3 Å². The lowest BCUT2D eigenvalue weighted by Crippen LogP contribution is -2.37. The standard InChI is InChI=1S/C20H22N2O6/c1-13(15-7-5-4-6-8-15)12-21-19(23)14(2)28-20(24)17-11-16(22(25)26)9-10-18(17)27-3/h4-11,13-14H,12H2,1-3H3,(H,21,23)/t13-,14-/m0/s1. The molecular weight excluding hydrogens is 364 g/mol. The van der Waals surface area contributed by atoms with Crippen LogP contribution in [-0.2, 0) is 9.53 Å². The van der Waals surface area contributed by atoms with E-state index in [0.29, 0.717) is 6.54 Å². The second kappa shape index (κ2) is 9.50. The van der Waals surface area contributed by atoms with Gasteiger partial charge in [-0.3, -0.25) is 14.9 Å². The Balaban J connectivity index is 1.99. The van der Waals surface area contributed by atoms with Crippen LogP contribution in [0.5, 0.6) is 5.75 Å². The third-order valence-electron chi connectivity index (χ3n) is 4.22. The SMILES string of the molecule is COc1ccc([N+](=O)[O-])cc1C(=O)O[C@@H](C)C(=O)NC[C@H](C)c1ccccc1. The number of nitrogens with zero attached hydrogens (tertiary/aromatic N) is 1. The topological polar surface area (TPSA) is 108 Å². The molecule has 0 unspecified atom stereocenters. The van der Waals surface area contributed by atoms with E-state index in [4.69, 9.17) is 9.47 Å². The van der Waals surface area contributed by atoms with Crippen molar-refractivity contribution in [3.8, 4) is 5.75 Å². The lowest BCUT2D eigenvalue weighted by Gasteiger charge is -2.17. The Hall–Kier alpha value is -3.42. The summed E-state index contributed by atoms with van der Waals surface area (Å²) in [4.78, 5) is 34.9. The maximum Gasteiger partial charge on any atom is 0.342 e. The Kier molecular flexibility index (Phi) is 7.08. The summed E-state index contributed by atoms with van der Waals surface area (Å²) in [6.45, 7) is 3.79. The Morgan fingerprint density at radius 2 is 1.82 bits per heavy atom. The zero-order chi connectivity index (χ0) is 20.7. The van der Waals surface area contributed by atoms with Gasteiger partial charge in [-0.1, -0.05) is 37.3 Å². The molecular formula is C20H22N2O6. The number of non-ortho nitro benzene ring substituents is 1. The smallest absolute Gasteiger partial charge is 0.342 e. The van der Waals surface area contributed by atoms with Crippen molar-refractivity contribution in [3.63, 3.8) is 0 Å². The van der Waals surface area contributed by atoms with E-state index in [0.717, 1.165) is 11.6 Å². The molecule has 1 amide bonds. The average Bonchev–Trinajstić information content (AvgIpc) is 2.71. The van der Waals surface area contributed by atoms with Gasteiger partial charge in [0.25, 0.3) is 11.6 Å². The van der Waals surface area contributed by atoms with Crippen LogP contribution >= 0.6 is 0 Å². The first-order valence-electron chi connectivity index (χ1n) is 8.69. The zero-order valence-electron chi connectivity index (χ0n) is 15.9. The minimum absolute atomic E-state index is 0.0879. The van der Waals surface area contributed by atoms with Gasteiger partial charge in [0.05, 0.1) is 12.0 Å². The van der Waals surface area contributed by atoms with Gasteiger partial charge in [-0.05, 0) is 24.5 Å². The van der Waals surface area contributed by atoms with Crippen LogP contribution < -0.4 is 10.1 Å². The fraction of sp³-hybridized carbons (Fsp3) is 0.300. The van der Waals surface area contributed by atoms with E-state index in [9.17, 15) is 19.7 Å². The molecule has 2 rings (SSSR count). The molecule has 0 aliphatic carbocycles. The van der Waals surface area contributed by atoms with E-state index in [1.54, 1.807) is 0 Å². The first kappa shape index (κ1) is 20.9. The second-order valence-electron chi connectivity index (χ2n) is 6.25. The van der Waals surface area contributed by atoms with Crippen molar-refractivity contribution < 1.29 is 24.0 Å². The summed E-state index contributed by atoms with van der Waals surface area (Å²) >= 11 is 0. The van der Waals surface area contributed by atoms with Crippen LogP contribution in [0.15, 0.2) is 48.5 Å². The largest absolute Gasteiger partial charge is 0.496 e. The Morgan fingerprint density at radius 1 is 1.14 bits per heavy atom. The molecule has 1 N–H and O–H groups in total. The van der Waals surface area contributed by atoms with Gasteiger partial charge in [-0.15, -0.1) is 0 Å². The number of benzene rings is 2. The lowest BCUT2D eigenvalue weighted by atomic mass is 10.0. The third kappa shape index (κ3) is 5.29. The van der Waals surface area contributed by atoms with Gasteiger partial charge in [-0.2, -0.15) is 0 Å². The molecule has 8 heteroatoms. The Labute approximate surface area is 162 Å². The van der Waals surface area contributed by atoms with E-state index < -0.39 is 22.9 Å². The van der Waals surface area contributed by atoms with Crippen LogP contribution in [0.3, 0.4) is 0 Å². The van der Waals surface area contributed by atoms with E-state index in [2.05, 4.69) is 5.32 Å². The fourth-order valence-corrected chi connectivity index (χ4v) is 2.54. The highest BCUT2D eigenvalue weighted by Crippen LogP contribution is 2.25. The van der Waals surface area contributed by atoms with Crippen LogP contribution in [0, 0.1) is 10.1 Å². The summed E-state index contributed by atoms with van der Waals surface area (Å²) in [5.41, 5.74) is 0.685. The van der Waals surface area contributed by atoms with Crippen LogP contribution in [0.1, 0.15) is 35.7 Å².